The van der Waals surface area contributed by atoms with E-state index < -0.39 is 18.8 Å². The van der Waals surface area contributed by atoms with Crippen LogP contribution in [0.3, 0.4) is 0 Å². The fourth-order valence-corrected chi connectivity index (χ4v) is 1.78. The van der Waals surface area contributed by atoms with E-state index in [1.807, 2.05) is 0 Å². The van der Waals surface area contributed by atoms with Crippen molar-refractivity contribution >= 4 is 29.6 Å². The predicted molar refractivity (Wildman–Crippen MR) is 73.4 cm³/mol. The smallest absolute Gasteiger partial charge is 0.443 e. The SMILES string of the molecule is CC(C)(C)OC(=O)n1ccc2ccc(B(O)O)cc21. The normalized spacial score (nSPS) is 11.6. The number of benzene rings is 1. The number of fused-ring (bicyclic) bond motifs is 1. The molecule has 0 aliphatic rings. The van der Waals surface area contributed by atoms with E-state index in [0.717, 1.165) is 5.39 Å². The molecule has 0 radical (unpaired) electrons. The molecule has 0 aliphatic heterocycles. The summed E-state index contributed by atoms with van der Waals surface area (Å²) < 4.78 is 6.64. The Kier molecular flexibility index (Phi) is 3.39. The van der Waals surface area contributed by atoms with E-state index in [0.29, 0.717) is 11.0 Å². The van der Waals surface area contributed by atoms with Gasteiger partial charge in [0.25, 0.3) is 0 Å². The van der Waals surface area contributed by atoms with Crippen molar-refractivity contribution in [2.45, 2.75) is 26.4 Å². The molecule has 6 heteroatoms. The van der Waals surface area contributed by atoms with E-state index in [2.05, 4.69) is 0 Å². The van der Waals surface area contributed by atoms with Crippen LogP contribution in [0.25, 0.3) is 10.9 Å². The van der Waals surface area contributed by atoms with Crippen molar-refractivity contribution in [1.29, 1.82) is 0 Å². The van der Waals surface area contributed by atoms with Gasteiger partial charge in [-0.2, -0.15) is 0 Å². The van der Waals surface area contributed by atoms with Gasteiger partial charge in [-0.3, -0.25) is 4.57 Å². The van der Waals surface area contributed by atoms with Gasteiger partial charge in [0.05, 0.1) is 5.52 Å². The topological polar surface area (TPSA) is 71.7 Å². The molecule has 100 valence electrons. The van der Waals surface area contributed by atoms with Crippen LogP contribution in [-0.4, -0.2) is 33.4 Å². The van der Waals surface area contributed by atoms with Crippen LogP contribution < -0.4 is 5.46 Å². The summed E-state index contributed by atoms with van der Waals surface area (Å²) in [6, 6.07) is 6.66. The van der Waals surface area contributed by atoms with Gasteiger partial charge in [-0.15, -0.1) is 0 Å². The van der Waals surface area contributed by atoms with Gasteiger partial charge in [-0.05, 0) is 38.4 Å². The van der Waals surface area contributed by atoms with Crippen LogP contribution in [0.15, 0.2) is 30.5 Å². The first-order valence-corrected chi connectivity index (χ1v) is 5.98. The minimum absolute atomic E-state index is 0.330. The zero-order valence-electron chi connectivity index (χ0n) is 11.1. The zero-order valence-corrected chi connectivity index (χ0v) is 11.1. The molecule has 0 bridgehead atoms. The van der Waals surface area contributed by atoms with Crippen molar-refractivity contribution in [3.8, 4) is 0 Å². The molecule has 1 aromatic heterocycles. The average Bonchev–Trinajstić information content (AvgIpc) is 2.68. The number of aromatic nitrogens is 1. The van der Waals surface area contributed by atoms with Crippen LogP contribution in [0.1, 0.15) is 20.8 Å². The Morgan fingerprint density at radius 2 is 1.95 bits per heavy atom. The Bertz CT molecular complexity index is 613. The molecule has 1 heterocycles. The lowest BCUT2D eigenvalue weighted by Gasteiger charge is -2.19. The first kappa shape index (κ1) is 13.6. The number of hydrogen-bond acceptors (Lipinski definition) is 4. The molecule has 0 saturated carbocycles. The number of carbonyl (C=O) groups is 1. The summed E-state index contributed by atoms with van der Waals surface area (Å²) in [6.45, 7) is 5.37. The quantitative estimate of drug-likeness (QED) is 0.754. The molecule has 2 aromatic rings. The number of carbonyl (C=O) groups excluding carboxylic acids is 1. The molecule has 0 atom stereocenters. The lowest BCUT2D eigenvalue weighted by Crippen LogP contribution is -2.30. The van der Waals surface area contributed by atoms with E-state index in [9.17, 15) is 4.79 Å². The predicted octanol–water partition coefficient (Wildman–Crippen LogP) is 1.10. The standard InChI is InChI=1S/C13H16BNO4/c1-13(2,3)19-12(16)15-7-6-9-4-5-10(14(17)18)8-11(9)15/h4-8,17-18H,1-3H3. The third kappa shape index (κ3) is 2.97. The average molecular weight is 261 g/mol. The highest BCUT2D eigenvalue weighted by Gasteiger charge is 2.20. The van der Waals surface area contributed by atoms with Crippen molar-refractivity contribution in [3.63, 3.8) is 0 Å². The van der Waals surface area contributed by atoms with Crippen molar-refractivity contribution in [3.05, 3.63) is 30.5 Å². The van der Waals surface area contributed by atoms with Gasteiger partial charge in [0.1, 0.15) is 5.60 Å². The van der Waals surface area contributed by atoms with Crippen LogP contribution in [-0.2, 0) is 4.74 Å². The van der Waals surface area contributed by atoms with Gasteiger partial charge in [-0.1, -0.05) is 12.1 Å². The van der Waals surface area contributed by atoms with Crippen LogP contribution >= 0.6 is 0 Å². The van der Waals surface area contributed by atoms with Crippen LogP contribution in [0.5, 0.6) is 0 Å². The second kappa shape index (κ2) is 4.72. The fraction of sp³-hybridized carbons (Fsp3) is 0.308. The van der Waals surface area contributed by atoms with Gasteiger partial charge >= 0.3 is 13.2 Å². The maximum absolute atomic E-state index is 12.0. The van der Waals surface area contributed by atoms with Crippen LogP contribution in [0, 0.1) is 0 Å². The Morgan fingerprint density at radius 1 is 1.26 bits per heavy atom. The first-order valence-electron chi connectivity index (χ1n) is 5.98. The van der Waals surface area contributed by atoms with Crippen molar-refractivity contribution < 1.29 is 19.6 Å². The minimum Gasteiger partial charge on any atom is -0.443 e. The van der Waals surface area contributed by atoms with Gasteiger partial charge in [-0.25, -0.2) is 4.79 Å². The zero-order chi connectivity index (χ0) is 14.2. The molecular weight excluding hydrogens is 245 g/mol. The monoisotopic (exact) mass is 261 g/mol. The van der Waals surface area contributed by atoms with Gasteiger partial charge in [0, 0.05) is 11.6 Å². The number of hydrogen-bond donors (Lipinski definition) is 2. The minimum atomic E-state index is -1.56. The summed E-state index contributed by atoms with van der Waals surface area (Å²) in [5, 5.41) is 19.2. The molecule has 1 aromatic carbocycles. The summed E-state index contributed by atoms with van der Waals surface area (Å²) in [6.07, 6.45) is 1.11. The molecule has 0 unspecified atom stereocenters. The van der Waals surface area contributed by atoms with Crippen LogP contribution in [0.2, 0.25) is 0 Å². The first-order chi connectivity index (χ1) is 8.78. The number of ether oxygens (including phenoxy) is 1. The molecule has 0 aliphatic carbocycles. The summed E-state index contributed by atoms with van der Waals surface area (Å²) >= 11 is 0. The Morgan fingerprint density at radius 3 is 2.53 bits per heavy atom. The highest BCUT2D eigenvalue weighted by molar-refractivity contribution is 6.58. The van der Waals surface area contributed by atoms with Crippen LogP contribution in [0.4, 0.5) is 4.79 Å². The lowest BCUT2D eigenvalue weighted by molar-refractivity contribution is 0.0544. The molecule has 0 amide bonds. The Hall–Kier alpha value is -1.79. The highest BCUT2D eigenvalue weighted by Crippen LogP contribution is 2.17. The van der Waals surface area contributed by atoms with Gasteiger partial charge in [0.2, 0.25) is 0 Å². The summed E-state index contributed by atoms with van der Waals surface area (Å²) in [7, 11) is -1.56. The molecule has 0 saturated heterocycles. The summed E-state index contributed by atoms with van der Waals surface area (Å²) in [5.41, 5.74) is 0.331. The van der Waals surface area contributed by atoms with Gasteiger partial charge in [0.15, 0.2) is 0 Å². The third-order valence-electron chi connectivity index (χ3n) is 2.61. The molecule has 19 heavy (non-hydrogen) atoms. The van der Waals surface area contributed by atoms with E-state index >= 15 is 0 Å². The largest absolute Gasteiger partial charge is 0.488 e. The third-order valence-corrected chi connectivity index (χ3v) is 2.61. The van der Waals surface area contributed by atoms with E-state index in [1.54, 1.807) is 51.2 Å². The lowest BCUT2D eigenvalue weighted by atomic mass is 9.80. The Labute approximate surface area is 111 Å². The molecule has 2 N–H and O–H groups in total. The van der Waals surface area contributed by atoms with E-state index in [1.165, 1.54) is 4.57 Å². The highest BCUT2D eigenvalue weighted by atomic mass is 16.6. The number of nitrogens with zero attached hydrogens (tertiary/aromatic N) is 1. The summed E-state index contributed by atoms with van der Waals surface area (Å²) in [4.78, 5) is 12.0. The number of rotatable bonds is 1. The van der Waals surface area contributed by atoms with E-state index in [4.69, 9.17) is 14.8 Å². The fourth-order valence-electron chi connectivity index (χ4n) is 1.78. The Balaban J connectivity index is 2.43. The molecule has 2 rings (SSSR count). The maximum atomic E-state index is 12.0. The maximum Gasteiger partial charge on any atom is 0.488 e. The molecule has 5 nitrogen and oxygen atoms in total. The molecule has 0 fully saturated rings. The van der Waals surface area contributed by atoms with Gasteiger partial charge < -0.3 is 14.8 Å². The summed E-state index contributed by atoms with van der Waals surface area (Å²) in [5.74, 6) is 0. The second-order valence-corrected chi connectivity index (χ2v) is 5.36. The van der Waals surface area contributed by atoms with Crippen molar-refractivity contribution in [1.82, 2.24) is 4.57 Å². The molecular formula is C13H16BNO4. The second-order valence-electron chi connectivity index (χ2n) is 5.36. The van der Waals surface area contributed by atoms with Crippen molar-refractivity contribution in [2.24, 2.45) is 0 Å². The van der Waals surface area contributed by atoms with E-state index in [-0.39, 0.29) is 0 Å². The molecule has 0 spiro atoms. The van der Waals surface area contributed by atoms with Crippen molar-refractivity contribution in [2.75, 3.05) is 0 Å².